The Balaban J connectivity index is 2.29. The number of aryl methyl sites for hydroxylation is 1. The number of nitro groups is 1. The van der Waals surface area contributed by atoms with Crippen LogP contribution in [0.3, 0.4) is 0 Å². The third-order valence-electron chi connectivity index (χ3n) is 2.31. The molecule has 0 aliphatic carbocycles. The zero-order valence-corrected chi connectivity index (χ0v) is 10.3. The van der Waals surface area contributed by atoms with Crippen molar-refractivity contribution < 1.29 is 10.0 Å². The highest BCUT2D eigenvalue weighted by atomic mass is 32.2. The maximum atomic E-state index is 10.7. The van der Waals surface area contributed by atoms with E-state index in [1.54, 1.807) is 37.3 Å². The summed E-state index contributed by atoms with van der Waals surface area (Å²) in [4.78, 5) is 15.0. The van der Waals surface area contributed by atoms with Gasteiger partial charge in [0, 0.05) is 6.07 Å². The van der Waals surface area contributed by atoms with Crippen LogP contribution in [-0.4, -0.2) is 15.0 Å². The van der Waals surface area contributed by atoms with Gasteiger partial charge in [-0.15, -0.1) is 0 Å². The maximum Gasteiger partial charge on any atom is 0.290 e. The zero-order chi connectivity index (χ0) is 13.1. The summed E-state index contributed by atoms with van der Waals surface area (Å²) in [5, 5.41) is 20.9. The lowest BCUT2D eigenvalue weighted by Gasteiger charge is -2.04. The van der Waals surface area contributed by atoms with Gasteiger partial charge in [-0.3, -0.25) is 10.1 Å². The Bertz CT molecular complexity index is 602. The first kappa shape index (κ1) is 12.4. The number of phenols is 1. The Labute approximate surface area is 108 Å². The Hall–Kier alpha value is -2.08. The largest absolute Gasteiger partial charge is 0.507 e. The Morgan fingerprint density at radius 3 is 2.61 bits per heavy atom. The van der Waals surface area contributed by atoms with E-state index >= 15 is 0 Å². The highest BCUT2D eigenvalue weighted by Gasteiger charge is 2.12. The molecular weight excluding hydrogens is 252 g/mol. The van der Waals surface area contributed by atoms with Crippen LogP contribution in [0.5, 0.6) is 5.75 Å². The molecule has 0 atom stereocenters. The third kappa shape index (κ3) is 2.60. The molecule has 0 saturated carbocycles. The second-order valence-electron chi connectivity index (χ2n) is 3.58. The van der Waals surface area contributed by atoms with Gasteiger partial charge in [0.2, 0.25) is 0 Å². The molecule has 1 heterocycles. The molecule has 2 aromatic rings. The summed E-state index contributed by atoms with van der Waals surface area (Å²) in [5.41, 5.74) is 0.358. The third-order valence-corrected chi connectivity index (χ3v) is 3.31. The van der Waals surface area contributed by atoms with Gasteiger partial charge in [0.25, 0.3) is 5.69 Å². The van der Waals surface area contributed by atoms with Crippen LogP contribution >= 0.6 is 11.8 Å². The standard InChI is InChI=1S/C12H10N2O3S/c1-8-9(14(16)17)6-7-12(13-8)18-11-5-3-2-4-10(11)15/h2-7,15H,1H3. The number of hydrogen-bond acceptors (Lipinski definition) is 5. The van der Waals surface area contributed by atoms with Crippen molar-refractivity contribution in [3.8, 4) is 5.75 Å². The van der Waals surface area contributed by atoms with Crippen molar-refractivity contribution in [2.75, 3.05) is 0 Å². The molecule has 0 amide bonds. The van der Waals surface area contributed by atoms with Gasteiger partial charge in [0.05, 0.1) is 9.82 Å². The van der Waals surface area contributed by atoms with Crippen molar-refractivity contribution in [3.63, 3.8) is 0 Å². The summed E-state index contributed by atoms with van der Waals surface area (Å²) in [6, 6.07) is 9.88. The average molecular weight is 262 g/mol. The van der Waals surface area contributed by atoms with E-state index in [9.17, 15) is 15.2 Å². The molecule has 5 nitrogen and oxygen atoms in total. The lowest BCUT2D eigenvalue weighted by atomic mass is 10.3. The molecule has 0 aliphatic rings. The fourth-order valence-electron chi connectivity index (χ4n) is 1.44. The van der Waals surface area contributed by atoms with Crippen molar-refractivity contribution in [2.45, 2.75) is 16.8 Å². The smallest absolute Gasteiger partial charge is 0.290 e. The summed E-state index contributed by atoms with van der Waals surface area (Å²) < 4.78 is 0. The van der Waals surface area contributed by atoms with E-state index in [4.69, 9.17) is 0 Å². The van der Waals surface area contributed by atoms with Crippen LogP contribution < -0.4 is 0 Å². The summed E-state index contributed by atoms with van der Waals surface area (Å²) >= 11 is 1.27. The lowest BCUT2D eigenvalue weighted by Crippen LogP contribution is -1.94. The second kappa shape index (κ2) is 5.05. The van der Waals surface area contributed by atoms with E-state index in [-0.39, 0.29) is 11.4 Å². The van der Waals surface area contributed by atoms with Crippen LogP contribution in [-0.2, 0) is 0 Å². The summed E-state index contributed by atoms with van der Waals surface area (Å²) in [5.74, 6) is 0.167. The van der Waals surface area contributed by atoms with Crippen molar-refractivity contribution in [1.82, 2.24) is 4.98 Å². The number of aromatic hydroxyl groups is 1. The van der Waals surface area contributed by atoms with Gasteiger partial charge in [-0.25, -0.2) is 4.98 Å². The quantitative estimate of drug-likeness (QED) is 0.679. The van der Waals surface area contributed by atoms with Gasteiger partial charge in [-0.1, -0.05) is 23.9 Å². The Morgan fingerprint density at radius 2 is 2.00 bits per heavy atom. The molecule has 0 spiro atoms. The molecule has 0 radical (unpaired) electrons. The van der Waals surface area contributed by atoms with Gasteiger partial charge >= 0.3 is 0 Å². The predicted octanol–water partition coefficient (Wildman–Crippen LogP) is 3.16. The SMILES string of the molecule is Cc1nc(Sc2ccccc2O)ccc1[N+](=O)[O-]. The number of phenolic OH excluding ortho intramolecular Hbond substituents is 1. The number of hydrogen-bond donors (Lipinski definition) is 1. The van der Waals surface area contributed by atoms with E-state index in [1.165, 1.54) is 17.8 Å². The van der Waals surface area contributed by atoms with Crippen LogP contribution in [0.25, 0.3) is 0 Å². The molecule has 1 aromatic heterocycles. The number of rotatable bonds is 3. The minimum absolute atomic E-state index is 0.00312. The van der Waals surface area contributed by atoms with E-state index in [0.29, 0.717) is 15.6 Å². The Kier molecular flexibility index (Phi) is 3.47. The molecule has 0 aliphatic heterocycles. The number of pyridine rings is 1. The molecule has 1 aromatic carbocycles. The molecule has 1 N–H and O–H groups in total. The van der Waals surface area contributed by atoms with Crippen LogP contribution in [0.4, 0.5) is 5.69 Å². The van der Waals surface area contributed by atoms with E-state index in [0.717, 1.165) is 0 Å². The maximum absolute atomic E-state index is 10.7. The predicted molar refractivity (Wildman–Crippen MR) is 67.9 cm³/mol. The van der Waals surface area contributed by atoms with Crippen molar-refractivity contribution >= 4 is 17.4 Å². The Morgan fingerprint density at radius 1 is 1.28 bits per heavy atom. The highest BCUT2D eigenvalue weighted by molar-refractivity contribution is 7.99. The molecule has 0 saturated heterocycles. The first-order chi connectivity index (χ1) is 8.58. The topological polar surface area (TPSA) is 76.3 Å². The van der Waals surface area contributed by atoms with E-state index in [2.05, 4.69) is 4.98 Å². The average Bonchev–Trinajstić information content (AvgIpc) is 2.32. The van der Waals surface area contributed by atoms with Crippen molar-refractivity contribution in [2.24, 2.45) is 0 Å². The van der Waals surface area contributed by atoms with Crippen molar-refractivity contribution in [1.29, 1.82) is 0 Å². The second-order valence-corrected chi connectivity index (χ2v) is 4.64. The van der Waals surface area contributed by atoms with Crippen LogP contribution in [0.15, 0.2) is 46.3 Å². The molecule has 2 rings (SSSR count). The molecule has 6 heteroatoms. The summed E-state index contributed by atoms with van der Waals surface area (Å²) in [7, 11) is 0. The molecule has 0 bridgehead atoms. The normalized spacial score (nSPS) is 10.3. The monoisotopic (exact) mass is 262 g/mol. The van der Waals surface area contributed by atoms with Crippen LogP contribution in [0, 0.1) is 17.0 Å². The first-order valence-electron chi connectivity index (χ1n) is 5.16. The molecule has 18 heavy (non-hydrogen) atoms. The van der Waals surface area contributed by atoms with E-state index in [1.807, 2.05) is 0 Å². The van der Waals surface area contributed by atoms with Gasteiger partial charge < -0.3 is 5.11 Å². The number of nitrogens with zero attached hydrogens (tertiary/aromatic N) is 2. The first-order valence-corrected chi connectivity index (χ1v) is 5.97. The van der Waals surface area contributed by atoms with E-state index < -0.39 is 4.92 Å². The molecule has 0 unspecified atom stereocenters. The lowest BCUT2D eigenvalue weighted by molar-refractivity contribution is -0.385. The van der Waals surface area contributed by atoms with Gasteiger partial charge in [-0.05, 0) is 25.1 Å². The molecular formula is C12H10N2O3S. The van der Waals surface area contributed by atoms with Crippen LogP contribution in [0.1, 0.15) is 5.69 Å². The number of para-hydroxylation sites is 1. The molecule has 0 fully saturated rings. The zero-order valence-electron chi connectivity index (χ0n) is 9.53. The minimum atomic E-state index is -0.462. The minimum Gasteiger partial charge on any atom is -0.507 e. The summed E-state index contributed by atoms with van der Waals surface area (Å²) in [6.07, 6.45) is 0. The van der Waals surface area contributed by atoms with Gasteiger partial charge in [-0.2, -0.15) is 0 Å². The van der Waals surface area contributed by atoms with Crippen LogP contribution in [0.2, 0.25) is 0 Å². The van der Waals surface area contributed by atoms with Gasteiger partial charge in [0.1, 0.15) is 16.5 Å². The molecule has 92 valence electrons. The fourth-order valence-corrected chi connectivity index (χ4v) is 2.30. The van der Waals surface area contributed by atoms with Gasteiger partial charge in [0.15, 0.2) is 0 Å². The summed E-state index contributed by atoms with van der Waals surface area (Å²) in [6.45, 7) is 1.59. The fraction of sp³-hybridized carbons (Fsp3) is 0.0833. The number of benzene rings is 1. The highest BCUT2D eigenvalue weighted by Crippen LogP contribution is 2.33. The van der Waals surface area contributed by atoms with Crippen molar-refractivity contribution in [3.05, 3.63) is 52.2 Å². The number of aromatic nitrogens is 1.